The molecular weight excluding hydrogens is 409 g/mol. The fourth-order valence-corrected chi connectivity index (χ4v) is 2.55. The molecule has 0 spiro atoms. The van der Waals surface area contributed by atoms with Crippen LogP contribution in [0.25, 0.3) is 16.7 Å². The summed E-state index contributed by atoms with van der Waals surface area (Å²) in [5.74, 6) is -0.663. The number of nitrogens with one attached hydrogen (secondary N) is 2. The van der Waals surface area contributed by atoms with Gasteiger partial charge in [0.2, 0.25) is 0 Å². The number of nitrogens with zero attached hydrogens (tertiary/aromatic N) is 6. The number of hydrogen-bond donors (Lipinski definition) is 2. The molecule has 30 heavy (non-hydrogen) atoms. The second kappa shape index (κ2) is 6.91. The number of nitro groups is 1. The minimum absolute atomic E-state index is 0.0235. The summed E-state index contributed by atoms with van der Waals surface area (Å²) in [5.41, 5.74) is -0.811. The Balaban J connectivity index is 1.56. The summed E-state index contributed by atoms with van der Waals surface area (Å²) in [4.78, 5) is 26.4. The molecule has 3 aromatic heterocycles. The number of fused-ring (bicyclic) bond motifs is 1. The Morgan fingerprint density at radius 1 is 1.23 bits per heavy atom. The minimum atomic E-state index is -4.53. The SMILES string of the molecule is O=C(Nc1n[nH]c2ccc([N+](=O)[O-])cc12)c1cn(-c2ccc(C(F)(F)F)cn2)nn1. The van der Waals surface area contributed by atoms with Crippen LogP contribution in [0.5, 0.6) is 0 Å². The van der Waals surface area contributed by atoms with Gasteiger partial charge in [-0.2, -0.15) is 18.3 Å². The third kappa shape index (κ3) is 3.52. The number of H-pyrrole nitrogens is 1. The van der Waals surface area contributed by atoms with Gasteiger partial charge in [0, 0.05) is 18.3 Å². The lowest BCUT2D eigenvalue weighted by molar-refractivity contribution is -0.384. The topological polar surface area (TPSA) is 145 Å². The van der Waals surface area contributed by atoms with Gasteiger partial charge in [-0.05, 0) is 18.2 Å². The lowest BCUT2D eigenvalue weighted by atomic mass is 10.2. The molecule has 11 nitrogen and oxygen atoms in total. The molecule has 2 N–H and O–H groups in total. The van der Waals surface area contributed by atoms with Crippen molar-refractivity contribution in [3.05, 3.63) is 64.1 Å². The van der Waals surface area contributed by atoms with Crippen molar-refractivity contribution in [2.24, 2.45) is 0 Å². The number of aromatic nitrogens is 6. The summed E-state index contributed by atoms with van der Waals surface area (Å²) in [6.07, 6.45) is -2.72. The lowest BCUT2D eigenvalue weighted by Crippen LogP contribution is -2.13. The average Bonchev–Trinajstić information content (AvgIpc) is 3.35. The van der Waals surface area contributed by atoms with Crippen LogP contribution in [-0.2, 0) is 6.18 Å². The molecule has 1 aromatic carbocycles. The van der Waals surface area contributed by atoms with E-state index >= 15 is 0 Å². The van der Waals surface area contributed by atoms with Crippen molar-refractivity contribution < 1.29 is 22.9 Å². The summed E-state index contributed by atoms with van der Waals surface area (Å²) < 4.78 is 38.9. The van der Waals surface area contributed by atoms with E-state index in [1.807, 2.05) is 0 Å². The molecule has 0 fully saturated rings. The van der Waals surface area contributed by atoms with E-state index in [0.717, 1.165) is 16.8 Å². The molecule has 0 atom stereocenters. The van der Waals surface area contributed by atoms with Crippen molar-refractivity contribution in [3.63, 3.8) is 0 Å². The van der Waals surface area contributed by atoms with Gasteiger partial charge in [-0.15, -0.1) is 5.10 Å². The van der Waals surface area contributed by atoms with Crippen LogP contribution in [0.4, 0.5) is 24.7 Å². The fourth-order valence-electron chi connectivity index (χ4n) is 2.55. The predicted molar refractivity (Wildman–Crippen MR) is 94.9 cm³/mol. The van der Waals surface area contributed by atoms with Crippen LogP contribution < -0.4 is 5.32 Å². The summed E-state index contributed by atoms with van der Waals surface area (Å²) >= 11 is 0. The highest BCUT2D eigenvalue weighted by Gasteiger charge is 2.30. The largest absolute Gasteiger partial charge is 0.417 e. The van der Waals surface area contributed by atoms with E-state index in [0.29, 0.717) is 17.1 Å². The number of halogens is 3. The molecule has 0 unspecified atom stereocenters. The zero-order valence-corrected chi connectivity index (χ0v) is 14.6. The number of benzene rings is 1. The first-order chi connectivity index (χ1) is 14.2. The van der Waals surface area contributed by atoms with Gasteiger partial charge in [-0.25, -0.2) is 9.67 Å². The maximum Gasteiger partial charge on any atom is 0.417 e. The molecule has 152 valence electrons. The van der Waals surface area contributed by atoms with Gasteiger partial charge in [0.05, 0.1) is 27.6 Å². The molecule has 0 saturated carbocycles. The number of non-ortho nitro benzene ring substituents is 1. The van der Waals surface area contributed by atoms with Crippen LogP contribution in [0.3, 0.4) is 0 Å². The third-order valence-corrected chi connectivity index (χ3v) is 4.03. The van der Waals surface area contributed by atoms with Crippen molar-refractivity contribution in [1.82, 2.24) is 30.2 Å². The van der Waals surface area contributed by atoms with E-state index in [1.165, 1.54) is 24.4 Å². The molecule has 4 rings (SSSR count). The van der Waals surface area contributed by atoms with Crippen molar-refractivity contribution in [2.75, 3.05) is 5.32 Å². The second-order valence-corrected chi connectivity index (χ2v) is 5.96. The van der Waals surface area contributed by atoms with Crippen molar-refractivity contribution >= 4 is 28.3 Å². The second-order valence-electron chi connectivity index (χ2n) is 5.96. The van der Waals surface area contributed by atoms with E-state index in [4.69, 9.17) is 0 Å². The Morgan fingerprint density at radius 3 is 2.70 bits per heavy atom. The van der Waals surface area contributed by atoms with E-state index < -0.39 is 22.6 Å². The van der Waals surface area contributed by atoms with Crippen LogP contribution in [0.15, 0.2) is 42.7 Å². The van der Waals surface area contributed by atoms with Crippen LogP contribution in [0, 0.1) is 10.1 Å². The number of rotatable bonds is 4. The van der Waals surface area contributed by atoms with E-state index in [2.05, 4.69) is 30.8 Å². The molecule has 4 aromatic rings. The normalized spacial score (nSPS) is 11.6. The van der Waals surface area contributed by atoms with Gasteiger partial charge in [0.1, 0.15) is 0 Å². The highest BCUT2D eigenvalue weighted by molar-refractivity contribution is 6.06. The molecule has 0 saturated heterocycles. The molecule has 0 aliphatic carbocycles. The fraction of sp³-hybridized carbons (Fsp3) is 0.0625. The number of pyridine rings is 1. The summed E-state index contributed by atoms with van der Waals surface area (Å²) in [6, 6.07) is 5.89. The molecule has 14 heteroatoms. The summed E-state index contributed by atoms with van der Waals surface area (Å²) in [7, 11) is 0. The van der Waals surface area contributed by atoms with E-state index in [-0.39, 0.29) is 23.0 Å². The van der Waals surface area contributed by atoms with E-state index in [1.54, 1.807) is 0 Å². The van der Waals surface area contributed by atoms with Gasteiger partial charge in [0.15, 0.2) is 17.3 Å². The summed E-state index contributed by atoms with van der Waals surface area (Å²) in [5, 5.41) is 27.6. The van der Waals surface area contributed by atoms with Gasteiger partial charge in [-0.3, -0.25) is 20.0 Å². The monoisotopic (exact) mass is 418 g/mol. The standard InChI is InChI=1S/C16H9F3N8O3/c17-16(18,19)8-1-4-13(20-6-8)26-7-12(23-25-26)15(28)21-14-10-5-9(27(29)30)2-3-11(10)22-24-14/h1-7H,(H2,21,22,24,28). The maximum absolute atomic E-state index is 12.6. The van der Waals surface area contributed by atoms with Crippen LogP contribution >= 0.6 is 0 Å². The first-order valence-electron chi connectivity index (χ1n) is 8.12. The molecule has 0 bridgehead atoms. The zero-order chi connectivity index (χ0) is 21.5. The molecule has 1 amide bonds. The number of aromatic amines is 1. The van der Waals surface area contributed by atoms with Gasteiger partial charge >= 0.3 is 6.18 Å². The number of hydrogen-bond acceptors (Lipinski definition) is 7. The molecule has 0 aliphatic heterocycles. The molecule has 3 heterocycles. The van der Waals surface area contributed by atoms with E-state index in [9.17, 15) is 28.1 Å². The van der Waals surface area contributed by atoms with Gasteiger partial charge in [0.25, 0.3) is 11.6 Å². The van der Waals surface area contributed by atoms with Crippen molar-refractivity contribution in [1.29, 1.82) is 0 Å². The third-order valence-electron chi connectivity index (χ3n) is 4.03. The van der Waals surface area contributed by atoms with Gasteiger partial charge in [-0.1, -0.05) is 5.21 Å². The minimum Gasteiger partial charge on any atom is -0.303 e. The summed E-state index contributed by atoms with van der Waals surface area (Å²) in [6.45, 7) is 0. The molecule has 0 aliphatic rings. The average molecular weight is 418 g/mol. The zero-order valence-electron chi connectivity index (χ0n) is 14.6. The van der Waals surface area contributed by atoms with Crippen LogP contribution in [0.2, 0.25) is 0 Å². The molecule has 0 radical (unpaired) electrons. The van der Waals surface area contributed by atoms with Gasteiger partial charge < -0.3 is 5.32 Å². The number of nitro benzene ring substituents is 1. The number of carbonyl (C=O) groups excluding carboxylic acids is 1. The first-order valence-corrected chi connectivity index (χ1v) is 8.12. The maximum atomic E-state index is 12.6. The Kier molecular flexibility index (Phi) is 4.37. The smallest absolute Gasteiger partial charge is 0.303 e. The number of anilines is 1. The Morgan fingerprint density at radius 2 is 2.03 bits per heavy atom. The Labute approximate surface area is 163 Å². The highest BCUT2D eigenvalue weighted by Crippen LogP contribution is 2.29. The van der Waals surface area contributed by atoms with Crippen LogP contribution in [-0.4, -0.2) is 41.0 Å². The number of alkyl halides is 3. The van der Waals surface area contributed by atoms with Crippen molar-refractivity contribution in [2.45, 2.75) is 6.18 Å². The van der Waals surface area contributed by atoms with Crippen molar-refractivity contribution in [3.8, 4) is 5.82 Å². The first kappa shape index (κ1) is 19.0. The lowest BCUT2D eigenvalue weighted by Gasteiger charge is -2.06. The van der Waals surface area contributed by atoms with Crippen LogP contribution in [0.1, 0.15) is 16.1 Å². The number of carbonyl (C=O) groups is 1. The Hall–Kier alpha value is -4.36. The quantitative estimate of drug-likeness (QED) is 0.383. The predicted octanol–water partition coefficient (Wildman–Crippen LogP) is 2.72. The number of amides is 1. The Bertz CT molecular complexity index is 1260. The molecular formula is C16H9F3N8O3. The highest BCUT2D eigenvalue weighted by atomic mass is 19.4.